The Morgan fingerprint density at radius 2 is 2.27 bits per heavy atom. The van der Waals surface area contributed by atoms with Crippen LogP contribution in [0.25, 0.3) is 0 Å². The van der Waals surface area contributed by atoms with Crippen molar-refractivity contribution in [2.24, 2.45) is 5.92 Å². The zero-order valence-corrected chi connectivity index (χ0v) is 11.4. The molecule has 60 valence electrons. The molecular formula is C6H10NO2PU. The molecule has 2 aliphatic carbocycles. The van der Waals surface area contributed by atoms with Crippen LogP contribution in [0.3, 0.4) is 0 Å². The Balaban J connectivity index is 0.000000720. The number of fused-ring (bicyclic) bond motifs is 1. The minimum atomic E-state index is -2.43. The normalized spacial score (nSPS) is 41.6. The summed E-state index contributed by atoms with van der Waals surface area (Å²) in [6.45, 7) is 1.29. The molecule has 1 N–H and O–H groups in total. The van der Waals surface area contributed by atoms with Crippen molar-refractivity contribution >= 4 is 13.5 Å². The molecule has 2 rings (SSSR count). The zero-order valence-electron chi connectivity index (χ0n) is 7.26. The largest absolute Gasteiger partial charge is 0.302 e. The van der Waals surface area contributed by atoms with Crippen LogP contribution in [0.4, 0.5) is 0 Å². The van der Waals surface area contributed by atoms with Crippen LogP contribution in [-0.4, -0.2) is 11.1 Å². The summed E-state index contributed by atoms with van der Waals surface area (Å²) in [5, 5.41) is 1.06. The molecule has 0 aromatic carbocycles. The van der Waals surface area contributed by atoms with E-state index >= 15 is 0 Å². The molecule has 0 saturated heterocycles. The minimum absolute atomic E-state index is 0. The van der Waals surface area contributed by atoms with Crippen molar-refractivity contribution in [3.05, 3.63) is 0 Å². The van der Waals surface area contributed by atoms with E-state index in [0.29, 0.717) is 5.92 Å². The number of nitrogens with one attached hydrogen (secondary N) is 1. The van der Waals surface area contributed by atoms with Gasteiger partial charge in [0.25, 0.3) is 0 Å². The van der Waals surface area contributed by atoms with Gasteiger partial charge in [-0.3, -0.25) is 9.87 Å². The second kappa shape index (κ2) is 3.00. The first-order valence-corrected chi connectivity index (χ1v) is 4.77. The summed E-state index contributed by atoms with van der Waals surface area (Å²) in [7, 11) is -2.43. The first-order chi connectivity index (χ1) is 5.08. The first kappa shape index (κ1) is 8.51. The van der Waals surface area contributed by atoms with Gasteiger partial charge in [0.1, 0.15) is 1.41 Å². The summed E-state index contributed by atoms with van der Waals surface area (Å²) in [6, 6.07) is 0. The van der Waals surface area contributed by atoms with Crippen molar-refractivity contribution < 1.29 is 41.9 Å². The van der Waals surface area contributed by atoms with Gasteiger partial charge in [-0.15, -0.1) is 0 Å². The SMILES string of the molecule is [2H]N([PH](=O)C(C)=O)C12CC1C2.[U]. The molecule has 3 nitrogen and oxygen atoms in total. The average Bonchev–Trinajstić information content (AvgIpc) is 2.68. The van der Waals surface area contributed by atoms with E-state index in [4.69, 9.17) is 1.41 Å². The van der Waals surface area contributed by atoms with E-state index in [1.165, 1.54) is 6.92 Å². The van der Waals surface area contributed by atoms with E-state index in [9.17, 15) is 9.36 Å². The van der Waals surface area contributed by atoms with Crippen LogP contribution in [0.1, 0.15) is 19.8 Å². The van der Waals surface area contributed by atoms with Gasteiger partial charge in [0.15, 0.2) is 13.5 Å². The van der Waals surface area contributed by atoms with Crippen LogP contribution in [0, 0.1) is 37.0 Å². The Kier molecular flexibility index (Phi) is 2.32. The van der Waals surface area contributed by atoms with Gasteiger partial charge in [0.05, 0.1) is 0 Å². The standard InChI is InChI=1S/C6H10NO2P.U/c1-4(8)10(9)7-6-2-5(6)3-6;/h5,10H,2-3H2,1H3,(H,7,9);/i/hD. The number of carbonyl (C=O) groups is 1. The monoisotopic (exact) mass is 398 g/mol. The van der Waals surface area contributed by atoms with Gasteiger partial charge in [-0.05, 0) is 18.8 Å². The number of hydrogen-bond acceptors (Lipinski definition) is 2. The zero-order chi connectivity index (χ0) is 8.22. The van der Waals surface area contributed by atoms with E-state index in [-0.39, 0.29) is 42.2 Å². The molecule has 2 fully saturated rings. The fraction of sp³-hybridized carbons (Fsp3) is 0.833. The van der Waals surface area contributed by atoms with Crippen LogP contribution < -0.4 is 5.08 Å². The van der Waals surface area contributed by atoms with Crippen LogP contribution in [0.2, 0.25) is 1.41 Å². The van der Waals surface area contributed by atoms with Crippen LogP contribution in [0.15, 0.2) is 0 Å². The molecule has 0 bridgehead atoms. The van der Waals surface area contributed by atoms with Gasteiger partial charge >= 0.3 is 0 Å². The third kappa shape index (κ3) is 1.81. The fourth-order valence-electron chi connectivity index (χ4n) is 1.14. The van der Waals surface area contributed by atoms with Gasteiger partial charge in [0, 0.05) is 43.6 Å². The first-order valence-electron chi connectivity index (χ1n) is 3.86. The molecule has 5 heteroatoms. The maximum Gasteiger partial charge on any atom is 0.199 e. The second-order valence-corrected chi connectivity index (χ2v) is 4.72. The summed E-state index contributed by atoms with van der Waals surface area (Å²) in [5.41, 5.74) is -0.459. The Morgan fingerprint density at radius 3 is 2.55 bits per heavy atom. The molecule has 0 amide bonds. The maximum absolute atomic E-state index is 11.1. The van der Waals surface area contributed by atoms with Crippen molar-refractivity contribution in [1.29, 1.82) is 0 Å². The van der Waals surface area contributed by atoms with E-state index in [1.807, 2.05) is 0 Å². The predicted octanol–water partition coefficient (Wildman–Crippen LogP) is 0.760. The molecule has 1 unspecified atom stereocenters. The third-order valence-corrected chi connectivity index (χ3v) is 3.52. The molecule has 0 radical (unpaired) electrons. The van der Waals surface area contributed by atoms with E-state index < -0.39 is 7.95 Å². The van der Waals surface area contributed by atoms with Crippen molar-refractivity contribution in [3.8, 4) is 0 Å². The molecule has 0 aliphatic heterocycles. The number of carbonyl (C=O) groups excluding carboxylic acids is 1. The van der Waals surface area contributed by atoms with E-state index in [1.54, 1.807) is 0 Å². The number of hydrogen-bond donors (Lipinski definition) is 1. The maximum atomic E-state index is 11.1. The Morgan fingerprint density at radius 1 is 1.82 bits per heavy atom. The Bertz CT molecular complexity index is 254. The van der Waals surface area contributed by atoms with Crippen molar-refractivity contribution in [3.63, 3.8) is 0 Å². The fourth-order valence-corrected chi connectivity index (χ4v) is 2.07. The van der Waals surface area contributed by atoms with Gasteiger partial charge in [-0.1, -0.05) is 0 Å². The van der Waals surface area contributed by atoms with Crippen molar-refractivity contribution in [2.75, 3.05) is 0 Å². The third-order valence-electron chi connectivity index (χ3n) is 2.26. The summed E-state index contributed by atoms with van der Waals surface area (Å²) in [4.78, 5) is 10.6. The Labute approximate surface area is 91.4 Å². The van der Waals surface area contributed by atoms with Crippen LogP contribution >= 0.6 is 7.95 Å². The molecule has 0 heterocycles. The van der Waals surface area contributed by atoms with Gasteiger partial charge in [-0.25, -0.2) is 0 Å². The summed E-state index contributed by atoms with van der Waals surface area (Å²) < 4.78 is 18.5. The topological polar surface area (TPSA) is 46.2 Å². The van der Waals surface area contributed by atoms with Gasteiger partial charge in [-0.2, -0.15) is 0 Å². The number of rotatable bonds is 3. The summed E-state index contributed by atoms with van der Waals surface area (Å²) >= 11 is 0. The molecule has 1 atom stereocenters. The average molecular weight is 398 g/mol. The molecule has 0 spiro atoms. The van der Waals surface area contributed by atoms with Gasteiger partial charge < -0.3 is 4.57 Å². The van der Waals surface area contributed by atoms with E-state index in [2.05, 4.69) is 0 Å². The van der Waals surface area contributed by atoms with Gasteiger partial charge in [0.2, 0.25) is 0 Å². The molecule has 2 aliphatic rings. The predicted molar refractivity (Wildman–Crippen MR) is 38.3 cm³/mol. The quantitative estimate of drug-likeness (QED) is 0.715. The molecule has 2 saturated carbocycles. The molecule has 0 aromatic heterocycles. The van der Waals surface area contributed by atoms with Crippen molar-refractivity contribution in [2.45, 2.75) is 25.3 Å². The molecular weight excluding hydrogens is 387 g/mol. The summed E-state index contributed by atoms with van der Waals surface area (Å²) in [6.07, 6.45) is 1.94. The van der Waals surface area contributed by atoms with Crippen LogP contribution in [-0.2, 0) is 9.36 Å². The smallest absolute Gasteiger partial charge is 0.199 e. The molecule has 11 heavy (non-hydrogen) atoms. The second-order valence-electron chi connectivity index (χ2n) is 3.18. The van der Waals surface area contributed by atoms with Crippen molar-refractivity contribution in [1.82, 2.24) is 5.08 Å². The minimum Gasteiger partial charge on any atom is -0.302 e. The van der Waals surface area contributed by atoms with E-state index in [0.717, 1.165) is 17.9 Å². The van der Waals surface area contributed by atoms with Crippen LogP contribution in [0.5, 0.6) is 0 Å². The summed E-state index contributed by atoms with van der Waals surface area (Å²) in [5.74, 6) is 0.577. The Hall–Kier alpha value is 0.912. The molecule has 0 aromatic rings.